The summed E-state index contributed by atoms with van der Waals surface area (Å²) in [6, 6.07) is 4.56. The van der Waals surface area contributed by atoms with Gasteiger partial charge in [-0.3, -0.25) is 4.79 Å². The Morgan fingerprint density at radius 1 is 1.30 bits per heavy atom. The van der Waals surface area contributed by atoms with Crippen LogP contribution in [0.3, 0.4) is 0 Å². The molecule has 1 saturated carbocycles. The molecule has 0 atom stereocenters. The van der Waals surface area contributed by atoms with E-state index in [2.05, 4.69) is 22.9 Å². The monoisotopic (exact) mass is 340 g/mol. The van der Waals surface area contributed by atoms with Crippen molar-refractivity contribution in [3.63, 3.8) is 0 Å². The topological polar surface area (TPSA) is 17.1 Å². The Balaban J connectivity index is 1.89. The molecule has 0 aliphatic heterocycles. The van der Waals surface area contributed by atoms with Crippen LogP contribution >= 0.6 is 15.9 Å². The summed E-state index contributed by atoms with van der Waals surface area (Å²) in [6.45, 7) is 2.23. The van der Waals surface area contributed by atoms with Crippen molar-refractivity contribution in [2.75, 3.05) is 0 Å². The molecule has 0 bridgehead atoms. The highest BCUT2D eigenvalue weighted by Crippen LogP contribution is 2.33. The molecule has 20 heavy (non-hydrogen) atoms. The van der Waals surface area contributed by atoms with Crippen LogP contribution in [0.4, 0.5) is 4.39 Å². The van der Waals surface area contributed by atoms with E-state index in [0.717, 1.165) is 24.3 Å². The van der Waals surface area contributed by atoms with Crippen LogP contribution in [0.15, 0.2) is 22.7 Å². The molecule has 0 N–H and O–H groups in total. The highest BCUT2D eigenvalue weighted by atomic mass is 79.9. The van der Waals surface area contributed by atoms with Gasteiger partial charge in [0, 0.05) is 16.8 Å². The van der Waals surface area contributed by atoms with Gasteiger partial charge < -0.3 is 0 Å². The van der Waals surface area contributed by atoms with E-state index in [1.807, 2.05) is 0 Å². The van der Waals surface area contributed by atoms with Crippen LogP contribution in [0, 0.1) is 17.7 Å². The average Bonchev–Trinajstić information content (AvgIpc) is 2.43. The standard InChI is InChI=1S/C17H22BrFO/c1-2-3-12-4-6-13(7-5-12)17(20)10-14-8-9-15(19)11-16(14)18/h8-9,11-13H,2-7,10H2,1H3. The fraction of sp³-hybridized carbons (Fsp3) is 0.588. The lowest BCUT2D eigenvalue weighted by molar-refractivity contribution is -0.123. The molecular weight excluding hydrogens is 319 g/mol. The molecule has 110 valence electrons. The van der Waals surface area contributed by atoms with Crippen molar-refractivity contribution in [1.29, 1.82) is 0 Å². The van der Waals surface area contributed by atoms with E-state index >= 15 is 0 Å². The van der Waals surface area contributed by atoms with Gasteiger partial charge in [0.05, 0.1) is 0 Å². The van der Waals surface area contributed by atoms with Crippen molar-refractivity contribution in [3.8, 4) is 0 Å². The Labute approximate surface area is 129 Å². The summed E-state index contributed by atoms with van der Waals surface area (Å²) in [7, 11) is 0. The van der Waals surface area contributed by atoms with Gasteiger partial charge in [-0.15, -0.1) is 0 Å². The van der Waals surface area contributed by atoms with E-state index in [-0.39, 0.29) is 11.7 Å². The molecular formula is C17H22BrFO. The molecule has 0 heterocycles. The van der Waals surface area contributed by atoms with Gasteiger partial charge in [0.2, 0.25) is 0 Å². The minimum Gasteiger partial charge on any atom is -0.299 e. The second-order valence-corrected chi connectivity index (χ2v) is 6.74. The summed E-state index contributed by atoms with van der Waals surface area (Å²) in [6.07, 6.45) is 7.40. The van der Waals surface area contributed by atoms with Gasteiger partial charge in [0.15, 0.2) is 0 Å². The van der Waals surface area contributed by atoms with E-state index < -0.39 is 0 Å². The molecule has 1 aliphatic rings. The largest absolute Gasteiger partial charge is 0.299 e. The highest BCUT2D eigenvalue weighted by molar-refractivity contribution is 9.10. The number of benzene rings is 1. The van der Waals surface area contributed by atoms with E-state index in [0.29, 0.717) is 16.7 Å². The molecule has 0 unspecified atom stereocenters. The Hall–Kier alpha value is -0.700. The Morgan fingerprint density at radius 2 is 2.00 bits per heavy atom. The minimum atomic E-state index is -0.270. The third-order valence-corrected chi connectivity index (χ3v) is 5.12. The summed E-state index contributed by atoms with van der Waals surface area (Å²) in [5.41, 5.74) is 0.895. The zero-order valence-electron chi connectivity index (χ0n) is 12.0. The molecule has 1 aromatic carbocycles. The minimum absolute atomic E-state index is 0.208. The van der Waals surface area contributed by atoms with Crippen molar-refractivity contribution < 1.29 is 9.18 Å². The maximum atomic E-state index is 13.0. The quantitative estimate of drug-likeness (QED) is 0.710. The molecule has 1 fully saturated rings. The molecule has 3 heteroatoms. The molecule has 1 nitrogen and oxygen atoms in total. The highest BCUT2D eigenvalue weighted by Gasteiger charge is 2.26. The first-order valence-electron chi connectivity index (χ1n) is 7.56. The van der Waals surface area contributed by atoms with Crippen molar-refractivity contribution >= 4 is 21.7 Å². The fourth-order valence-corrected chi connectivity index (χ4v) is 3.67. The van der Waals surface area contributed by atoms with Crippen LogP contribution in [0.2, 0.25) is 0 Å². The zero-order valence-corrected chi connectivity index (χ0v) is 13.6. The average molecular weight is 341 g/mol. The summed E-state index contributed by atoms with van der Waals surface area (Å²) >= 11 is 3.34. The number of Topliss-reactive ketones (excluding diaryl/α,β-unsaturated/α-hetero) is 1. The number of hydrogen-bond donors (Lipinski definition) is 0. The number of halogens is 2. The van der Waals surface area contributed by atoms with Gasteiger partial charge >= 0.3 is 0 Å². The molecule has 0 amide bonds. The molecule has 2 rings (SSSR count). The SMILES string of the molecule is CCCC1CCC(C(=O)Cc2ccc(F)cc2Br)CC1. The second-order valence-electron chi connectivity index (χ2n) is 5.89. The Bertz CT molecular complexity index is 464. The van der Waals surface area contributed by atoms with Gasteiger partial charge in [-0.1, -0.05) is 41.8 Å². The number of carbonyl (C=O) groups is 1. The maximum absolute atomic E-state index is 13.0. The van der Waals surface area contributed by atoms with Gasteiger partial charge in [0.1, 0.15) is 11.6 Å². The summed E-state index contributed by atoms with van der Waals surface area (Å²) in [5, 5.41) is 0. The van der Waals surface area contributed by atoms with Crippen molar-refractivity contribution in [2.24, 2.45) is 11.8 Å². The molecule has 0 spiro atoms. The normalized spacial score (nSPS) is 22.8. The second kappa shape index (κ2) is 7.35. The van der Waals surface area contributed by atoms with E-state index in [1.165, 1.54) is 37.8 Å². The van der Waals surface area contributed by atoms with Gasteiger partial charge in [-0.05, 0) is 49.3 Å². The van der Waals surface area contributed by atoms with Gasteiger partial charge in [0.25, 0.3) is 0 Å². The maximum Gasteiger partial charge on any atom is 0.140 e. The van der Waals surface area contributed by atoms with Crippen molar-refractivity contribution in [1.82, 2.24) is 0 Å². The summed E-state index contributed by atoms with van der Waals surface area (Å²) < 4.78 is 13.7. The predicted molar refractivity (Wildman–Crippen MR) is 83.2 cm³/mol. The fourth-order valence-electron chi connectivity index (χ4n) is 3.18. The summed E-state index contributed by atoms with van der Waals surface area (Å²) in [4.78, 5) is 12.4. The van der Waals surface area contributed by atoms with Crippen molar-refractivity contribution in [3.05, 3.63) is 34.1 Å². The molecule has 0 aromatic heterocycles. The van der Waals surface area contributed by atoms with Gasteiger partial charge in [-0.25, -0.2) is 4.39 Å². The van der Waals surface area contributed by atoms with E-state index in [1.54, 1.807) is 6.07 Å². The first-order valence-corrected chi connectivity index (χ1v) is 8.36. The van der Waals surface area contributed by atoms with Crippen LogP contribution < -0.4 is 0 Å². The Morgan fingerprint density at radius 3 is 2.60 bits per heavy atom. The van der Waals surface area contributed by atoms with Crippen molar-refractivity contribution in [2.45, 2.75) is 51.9 Å². The lowest BCUT2D eigenvalue weighted by Crippen LogP contribution is -2.23. The molecule has 1 aliphatic carbocycles. The third-order valence-electron chi connectivity index (χ3n) is 4.38. The van der Waals surface area contributed by atoms with E-state index in [4.69, 9.17) is 0 Å². The predicted octanol–water partition coefficient (Wildman–Crippen LogP) is 5.31. The zero-order chi connectivity index (χ0) is 14.5. The number of ketones is 1. The number of rotatable bonds is 5. The smallest absolute Gasteiger partial charge is 0.140 e. The van der Waals surface area contributed by atoms with Crippen LogP contribution in [0.5, 0.6) is 0 Å². The summed E-state index contributed by atoms with van der Waals surface area (Å²) in [5.74, 6) is 1.07. The first kappa shape index (κ1) is 15.7. The lowest BCUT2D eigenvalue weighted by atomic mass is 9.77. The third kappa shape index (κ3) is 4.15. The van der Waals surface area contributed by atoms with Gasteiger partial charge in [-0.2, -0.15) is 0 Å². The lowest BCUT2D eigenvalue weighted by Gasteiger charge is -2.27. The molecule has 0 radical (unpaired) electrons. The van der Waals surface area contributed by atoms with Crippen LogP contribution in [0.1, 0.15) is 51.0 Å². The molecule has 1 aromatic rings. The number of hydrogen-bond acceptors (Lipinski definition) is 1. The molecule has 0 saturated heterocycles. The van der Waals surface area contributed by atoms with E-state index in [9.17, 15) is 9.18 Å². The van der Waals surface area contributed by atoms with Crippen LogP contribution in [-0.2, 0) is 11.2 Å². The number of carbonyl (C=O) groups excluding carboxylic acids is 1. The Kier molecular flexibility index (Phi) is 5.76. The van der Waals surface area contributed by atoms with Crippen LogP contribution in [0.25, 0.3) is 0 Å². The first-order chi connectivity index (χ1) is 9.60. The van der Waals surface area contributed by atoms with Crippen LogP contribution in [-0.4, -0.2) is 5.78 Å².